The Morgan fingerprint density at radius 2 is 1.66 bits per heavy atom. The SMILES string of the molecule is O=c1c(C2CCCC2)c(N2CCN(S(=O)(=O)Cc3ccccc3)CC2)cnn1-c1cccc(Cl)c1. The second-order valence-corrected chi connectivity index (χ2v) is 11.7. The first-order valence-electron chi connectivity index (χ1n) is 12.1. The molecule has 0 unspecified atom stereocenters. The maximum absolute atomic E-state index is 13.7. The molecule has 5 rings (SSSR count). The van der Waals surface area contributed by atoms with E-state index in [0.717, 1.165) is 42.5 Å². The number of anilines is 1. The fourth-order valence-electron chi connectivity index (χ4n) is 5.18. The zero-order valence-electron chi connectivity index (χ0n) is 19.5. The fraction of sp³-hybridized carbons (Fsp3) is 0.385. The summed E-state index contributed by atoms with van der Waals surface area (Å²) in [5.41, 5.74) is 2.94. The van der Waals surface area contributed by atoms with E-state index in [1.165, 1.54) is 4.68 Å². The number of rotatable bonds is 6. The van der Waals surface area contributed by atoms with E-state index in [1.54, 1.807) is 22.6 Å². The zero-order valence-corrected chi connectivity index (χ0v) is 21.1. The number of benzene rings is 2. The van der Waals surface area contributed by atoms with Crippen molar-refractivity contribution in [2.24, 2.45) is 0 Å². The highest BCUT2D eigenvalue weighted by molar-refractivity contribution is 7.88. The molecule has 9 heteroatoms. The second kappa shape index (κ2) is 10.1. The topological polar surface area (TPSA) is 75.5 Å². The maximum Gasteiger partial charge on any atom is 0.277 e. The molecule has 35 heavy (non-hydrogen) atoms. The summed E-state index contributed by atoms with van der Waals surface area (Å²) in [6.45, 7) is 1.82. The van der Waals surface area contributed by atoms with Crippen molar-refractivity contribution in [1.29, 1.82) is 0 Å². The van der Waals surface area contributed by atoms with Crippen LogP contribution in [0.3, 0.4) is 0 Å². The minimum absolute atomic E-state index is 0.00159. The Kier molecular flexibility index (Phi) is 6.95. The first-order chi connectivity index (χ1) is 16.9. The van der Waals surface area contributed by atoms with Gasteiger partial charge in [0.1, 0.15) is 0 Å². The molecule has 184 valence electrons. The Balaban J connectivity index is 1.40. The lowest BCUT2D eigenvalue weighted by Gasteiger charge is -2.36. The Morgan fingerprint density at radius 3 is 2.34 bits per heavy atom. The molecule has 2 aliphatic rings. The zero-order chi connectivity index (χ0) is 24.4. The van der Waals surface area contributed by atoms with E-state index >= 15 is 0 Å². The lowest BCUT2D eigenvalue weighted by Crippen LogP contribution is -2.49. The van der Waals surface area contributed by atoms with Gasteiger partial charge in [-0.05, 0) is 42.5 Å². The molecule has 2 fully saturated rings. The standard InChI is InChI=1S/C26H29ClN4O3S/c27-22-11-6-12-23(17-22)31-26(32)25(21-9-4-5-10-21)24(18-28-31)29-13-15-30(16-14-29)35(33,34)19-20-7-2-1-3-8-20/h1-3,6-8,11-12,17-18,21H,4-5,9-10,13-16,19H2. The average molecular weight is 513 g/mol. The number of piperazine rings is 1. The number of halogens is 1. The summed E-state index contributed by atoms with van der Waals surface area (Å²) in [5.74, 6) is 0.184. The van der Waals surface area contributed by atoms with Gasteiger partial charge in [0.15, 0.2) is 0 Å². The van der Waals surface area contributed by atoms with Crippen LogP contribution in [0.1, 0.15) is 42.7 Å². The van der Waals surface area contributed by atoms with Gasteiger partial charge in [0, 0.05) is 36.8 Å². The Hall–Kier alpha value is -2.68. The summed E-state index contributed by atoms with van der Waals surface area (Å²) in [7, 11) is -3.41. The molecule has 3 aromatic rings. The van der Waals surface area contributed by atoms with Gasteiger partial charge in [-0.2, -0.15) is 14.1 Å². The molecular weight excluding hydrogens is 484 g/mol. The highest BCUT2D eigenvalue weighted by Gasteiger charge is 2.31. The van der Waals surface area contributed by atoms with Gasteiger partial charge in [-0.1, -0.05) is 60.8 Å². The quantitative estimate of drug-likeness (QED) is 0.495. The minimum Gasteiger partial charge on any atom is -0.367 e. The largest absolute Gasteiger partial charge is 0.367 e. The smallest absolute Gasteiger partial charge is 0.277 e. The third-order valence-corrected chi connectivity index (χ3v) is 9.06. The first kappa shape index (κ1) is 24.0. The molecular formula is C26H29ClN4O3S. The normalized spacial score (nSPS) is 17.7. The molecule has 0 N–H and O–H groups in total. The molecule has 0 amide bonds. The van der Waals surface area contributed by atoms with Gasteiger partial charge in [-0.25, -0.2) is 8.42 Å². The Labute approximate surface area is 211 Å². The van der Waals surface area contributed by atoms with E-state index in [-0.39, 0.29) is 17.2 Å². The van der Waals surface area contributed by atoms with Crippen LogP contribution in [0.4, 0.5) is 5.69 Å². The van der Waals surface area contributed by atoms with Crippen molar-refractivity contribution >= 4 is 27.3 Å². The number of aromatic nitrogens is 2. The summed E-state index contributed by atoms with van der Waals surface area (Å²) < 4.78 is 29.0. The monoisotopic (exact) mass is 512 g/mol. The van der Waals surface area contributed by atoms with Crippen LogP contribution in [0, 0.1) is 0 Å². The Morgan fingerprint density at radius 1 is 0.943 bits per heavy atom. The van der Waals surface area contributed by atoms with Crippen molar-refractivity contribution in [3.05, 3.63) is 87.3 Å². The number of sulfonamides is 1. The number of hydrogen-bond donors (Lipinski definition) is 0. The summed E-state index contributed by atoms with van der Waals surface area (Å²) in [6, 6.07) is 16.4. The van der Waals surface area contributed by atoms with Crippen LogP contribution in [0.25, 0.3) is 5.69 Å². The second-order valence-electron chi connectivity index (χ2n) is 9.25. The van der Waals surface area contributed by atoms with E-state index in [0.29, 0.717) is 36.9 Å². The highest BCUT2D eigenvalue weighted by Crippen LogP contribution is 2.37. The highest BCUT2D eigenvalue weighted by atomic mass is 35.5. The van der Waals surface area contributed by atoms with E-state index in [2.05, 4.69) is 10.00 Å². The van der Waals surface area contributed by atoms with Crippen LogP contribution < -0.4 is 10.5 Å². The first-order valence-corrected chi connectivity index (χ1v) is 14.1. The predicted octanol–water partition coefficient (Wildman–Crippen LogP) is 4.20. The molecule has 0 bridgehead atoms. The molecule has 0 radical (unpaired) electrons. The summed E-state index contributed by atoms with van der Waals surface area (Å²) in [6.07, 6.45) is 5.94. The number of hydrogen-bond acceptors (Lipinski definition) is 5. The van der Waals surface area contributed by atoms with Crippen molar-refractivity contribution in [3.8, 4) is 5.69 Å². The molecule has 1 saturated heterocycles. The molecule has 1 aliphatic heterocycles. The molecule has 2 aromatic carbocycles. The molecule has 7 nitrogen and oxygen atoms in total. The third kappa shape index (κ3) is 5.15. The van der Waals surface area contributed by atoms with Crippen LogP contribution in [-0.2, 0) is 15.8 Å². The minimum atomic E-state index is -3.41. The molecule has 1 saturated carbocycles. The Bertz CT molecular complexity index is 1350. The van der Waals surface area contributed by atoms with Crippen molar-refractivity contribution < 1.29 is 8.42 Å². The van der Waals surface area contributed by atoms with E-state index in [1.807, 2.05) is 42.5 Å². The molecule has 1 aromatic heterocycles. The van der Waals surface area contributed by atoms with Crippen LogP contribution in [-0.4, -0.2) is 48.7 Å². The van der Waals surface area contributed by atoms with Crippen molar-refractivity contribution in [1.82, 2.24) is 14.1 Å². The fourth-order valence-corrected chi connectivity index (χ4v) is 6.88. The third-order valence-electron chi connectivity index (χ3n) is 6.98. The van der Waals surface area contributed by atoms with Crippen LogP contribution >= 0.6 is 11.6 Å². The summed E-state index contributed by atoms with van der Waals surface area (Å²) in [5, 5.41) is 5.04. The van der Waals surface area contributed by atoms with Crippen molar-refractivity contribution in [2.75, 3.05) is 31.1 Å². The number of nitrogens with zero attached hydrogens (tertiary/aromatic N) is 4. The van der Waals surface area contributed by atoms with Gasteiger partial charge < -0.3 is 4.90 Å². The van der Waals surface area contributed by atoms with E-state index in [9.17, 15) is 13.2 Å². The van der Waals surface area contributed by atoms with Crippen LogP contribution in [0.5, 0.6) is 0 Å². The van der Waals surface area contributed by atoms with E-state index in [4.69, 9.17) is 11.6 Å². The lowest BCUT2D eigenvalue weighted by atomic mass is 9.97. The van der Waals surface area contributed by atoms with Crippen molar-refractivity contribution in [3.63, 3.8) is 0 Å². The molecule has 0 atom stereocenters. The van der Waals surface area contributed by atoms with Gasteiger partial charge >= 0.3 is 0 Å². The molecule has 2 heterocycles. The van der Waals surface area contributed by atoms with Gasteiger partial charge in [0.2, 0.25) is 10.0 Å². The van der Waals surface area contributed by atoms with Gasteiger partial charge in [0.25, 0.3) is 5.56 Å². The van der Waals surface area contributed by atoms with E-state index < -0.39 is 10.0 Å². The molecule has 0 spiro atoms. The van der Waals surface area contributed by atoms with Crippen LogP contribution in [0.15, 0.2) is 65.6 Å². The predicted molar refractivity (Wildman–Crippen MR) is 139 cm³/mol. The van der Waals surface area contributed by atoms with Gasteiger partial charge in [0.05, 0.1) is 23.3 Å². The average Bonchev–Trinajstić information content (AvgIpc) is 3.39. The van der Waals surface area contributed by atoms with Crippen molar-refractivity contribution in [2.45, 2.75) is 37.4 Å². The maximum atomic E-state index is 13.7. The summed E-state index contributed by atoms with van der Waals surface area (Å²) >= 11 is 6.16. The molecule has 1 aliphatic carbocycles. The van der Waals surface area contributed by atoms with Gasteiger partial charge in [-0.3, -0.25) is 4.79 Å². The van der Waals surface area contributed by atoms with Crippen LogP contribution in [0.2, 0.25) is 5.02 Å². The lowest BCUT2D eigenvalue weighted by molar-refractivity contribution is 0.383. The van der Waals surface area contributed by atoms with Gasteiger partial charge in [-0.15, -0.1) is 0 Å². The summed E-state index contributed by atoms with van der Waals surface area (Å²) in [4.78, 5) is 15.8.